The minimum Gasteiger partial charge on any atom is -0.314 e. The molecule has 3 aliphatic rings. The standard InChI is InChI=1S/C14H24F2N2/c15-14(16)5-1-2-11(8-14)9-18-7-4-13-12(10-18)3-6-17-13/h11-13,17H,1-10H2. The van der Waals surface area contributed by atoms with Crippen molar-refractivity contribution >= 4 is 0 Å². The molecule has 104 valence electrons. The molecule has 0 radical (unpaired) electrons. The number of halogens is 2. The van der Waals surface area contributed by atoms with Gasteiger partial charge in [0.2, 0.25) is 5.92 Å². The minimum absolute atomic E-state index is 0.109. The number of fused-ring (bicyclic) bond motifs is 1. The first-order valence-corrected chi connectivity index (χ1v) is 7.46. The molecule has 18 heavy (non-hydrogen) atoms. The molecule has 0 bridgehead atoms. The van der Waals surface area contributed by atoms with Crippen molar-refractivity contribution in [2.45, 2.75) is 50.5 Å². The Morgan fingerprint density at radius 1 is 1.22 bits per heavy atom. The highest BCUT2D eigenvalue weighted by Crippen LogP contribution is 2.37. The van der Waals surface area contributed by atoms with E-state index in [0.29, 0.717) is 12.5 Å². The molecule has 2 saturated heterocycles. The Morgan fingerprint density at radius 3 is 2.94 bits per heavy atom. The zero-order chi connectivity index (χ0) is 12.6. The van der Waals surface area contributed by atoms with E-state index < -0.39 is 5.92 Å². The third-order valence-electron chi connectivity index (χ3n) is 5.00. The number of nitrogens with one attached hydrogen (secondary N) is 1. The predicted molar refractivity (Wildman–Crippen MR) is 67.9 cm³/mol. The highest BCUT2D eigenvalue weighted by molar-refractivity contribution is 4.91. The average molecular weight is 258 g/mol. The Morgan fingerprint density at radius 2 is 2.11 bits per heavy atom. The van der Waals surface area contributed by atoms with E-state index in [9.17, 15) is 8.78 Å². The smallest absolute Gasteiger partial charge is 0.248 e. The van der Waals surface area contributed by atoms with Crippen molar-refractivity contribution in [3.05, 3.63) is 0 Å². The first-order valence-electron chi connectivity index (χ1n) is 7.46. The van der Waals surface area contributed by atoms with Crippen LogP contribution in [0.3, 0.4) is 0 Å². The van der Waals surface area contributed by atoms with E-state index in [1.807, 2.05) is 0 Å². The van der Waals surface area contributed by atoms with Crippen molar-refractivity contribution in [3.8, 4) is 0 Å². The van der Waals surface area contributed by atoms with Crippen LogP contribution in [-0.2, 0) is 0 Å². The first kappa shape index (κ1) is 12.8. The zero-order valence-electron chi connectivity index (χ0n) is 11.0. The largest absolute Gasteiger partial charge is 0.314 e. The molecule has 3 atom stereocenters. The van der Waals surface area contributed by atoms with Gasteiger partial charge in [0.25, 0.3) is 0 Å². The SMILES string of the molecule is FC1(F)CCCC(CN2CCC3NCCC3C2)C1. The van der Waals surface area contributed by atoms with E-state index in [1.54, 1.807) is 0 Å². The topological polar surface area (TPSA) is 15.3 Å². The molecule has 3 fully saturated rings. The quantitative estimate of drug-likeness (QED) is 0.818. The van der Waals surface area contributed by atoms with Gasteiger partial charge in [0.05, 0.1) is 0 Å². The lowest BCUT2D eigenvalue weighted by atomic mass is 9.85. The summed E-state index contributed by atoms with van der Waals surface area (Å²) in [4.78, 5) is 2.44. The Hall–Kier alpha value is -0.220. The number of piperidine rings is 1. The van der Waals surface area contributed by atoms with Gasteiger partial charge in [-0.15, -0.1) is 0 Å². The van der Waals surface area contributed by atoms with Crippen molar-refractivity contribution < 1.29 is 8.78 Å². The molecule has 1 N–H and O–H groups in total. The van der Waals surface area contributed by atoms with Gasteiger partial charge in [-0.1, -0.05) is 0 Å². The van der Waals surface area contributed by atoms with Crippen LogP contribution in [0.5, 0.6) is 0 Å². The zero-order valence-corrected chi connectivity index (χ0v) is 11.0. The molecular formula is C14H24F2N2. The van der Waals surface area contributed by atoms with Gasteiger partial charge in [-0.25, -0.2) is 8.78 Å². The van der Waals surface area contributed by atoms with Crippen molar-refractivity contribution in [2.24, 2.45) is 11.8 Å². The summed E-state index contributed by atoms with van der Waals surface area (Å²) in [6.45, 7) is 4.26. The summed E-state index contributed by atoms with van der Waals surface area (Å²) in [6.07, 6.45) is 4.40. The maximum Gasteiger partial charge on any atom is 0.248 e. The van der Waals surface area contributed by atoms with Gasteiger partial charge in [-0.05, 0) is 50.6 Å². The summed E-state index contributed by atoms with van der Waals surface area (Å²) in [7, 11) is 0. The van der Waals surface area contributed by atoms with E-state index in [2.05, 4.69) is 10.2 Å². The van der Waals surface area contributed by atoms with Crippen LogP contribution >= 0.6 is 0 Å². The first-order chi connectivity index (χ1) is 8.62. The molecule has 0 aromatic rings. The summed E-state index contributed by atoms with van der Waals surface area (Å²) in [6, 6.07) is 0.703. The van der Waals surface area contributed by atoms with Gasteiger partial charge in [-0.3, -0.25) is 0 Å². The second-order valence-corrected chi connectivity index (χ2v) is 6.48. The van der Waals surface area contributed by atoms with Crippen LogP contribution < -0.4 is 5.32 Å². The molecule has 0 aromatic carbocycles. The lowest BCUT2D eigenvalue weighted by molar-refractivity contribution is -0.0584. The Labute approximate surface area is 108 Å². The van der Waals surface area contributed by atoms with Crippen LogP contribution in [0.25, 0.3) is 0 Å². The normalized spacial score (nSPS) is 40.7. The number of likely N-dealkylation sites (tertiary alicyclic amines) is 1. The molecule has 3 rings (SSSR count). The molecule has 1 saturated carbocycles. The number of hydrogen-bond donors (Lipinski definition) is 1. The lowest BCUT2D eigenvalue weighted by Gasteiger charge is -2.38. The van der Waals surface area contributed by atoms with E-state index in [4.69, 9.17) is 0 Å². The number of hydrogen-bond acceptors (Lipinski definition) is 2. The summed E-state index contributed by atoms with van der Waals surface area (Å²) < 4.78 is 26.8. The van der Waals surface area contributed by atoms with Crippen molar-refractivity contribution in [3.63, 3.8) is 0 Å². The molecular weight excluding hydrogens is 234 g/mol. The van der Waals surface area contributed by atoms with Gasteiger partial charge in [0.15, 0.2) is 0 Å². The second kappa shape index (κ2) is 5.04. The summed E-state index contributed by atoms with van der Waals surface area (Å²) >= 11 is 0. The third kappa shape index (κ3) is 2.85. The van der Waals surface area contributed by atoms with Crippen LogP contribution in [0.4, 0.5) is 8.78 Å². The molecule has 1 aliphatic carbocycles. The number of rotatable bonds is 2. The molecule has 0 amide bonds. The van der Waals surface area contributed by atoms with Crippen LogP contribution in [0.2, 0.25) is 0 Å². The Balaban J connectivity index is 1.50. The molecule has 0 aromatic heterocycles. The van der Waals surface area contributed by atoms with E-state index >= 15 is 0 Å². The van der Waals surface area contributed by atoms with Gasteiger partial charge in [-0.2, -0.15) is 0 Å². The highest BCUT2D eigenvalue weighted by Gasteiger charge is 2.38. The van der Waals surface area contributed by atoms with E-state index in [1.165, 1.54) is 12.8 Å². The number of nitrogens with zero attached hydrogens (tertiary/aromatic N) is 1. The van der Waals surface area contributed by atoms with Gasteiger partial charge < -0.3 is 10.2 Å². The molecule has 0 spiro atoms. The maximum atomic E-state index is 13.4. The van der Waals surface area contributed by atoms with Gasteiger partial charge in [0.1, 0.15) is 0 Å². The lowest BCUT2D eigenvalue weighted by Crippen LogP contribution is -2.46. The van der Waals surface area contributed by atoms with E-state index in [0.717, 1.165) is 38.5 Å². The highest BCUT2D eigenvalue weighted by atomic mass is 19.3. The summed E-state index contributed by atoms with van der Waals surface area (Å²) in [5, 5.41) is 3.55. The van der Waals surface area contributed by atoms with Crippen LogP contribution in [0, 0.1) is 11.8 Å². The summed E-state index contributed by atoms with van der Waals surface area (Å²) in [5.74, 6) is -1.40. The fraction of sp³-hybridized carbons (Fsp3) is 1.00. The monoisotopic (exact) mass is 258 g/mol. The minimum atomic E-state index is -2.39. The van der Waals surface area contributed by atoms with E-state index in [-0.39, 0.29) is 18.8 Å². The van der Waals surface area contributed by atoms with Gasteiger partial charge in [0, 0.05) is 32.0 Å². The van der Waals surface area contributed by atoms with Crippen LogP contribution in [0.15, 0.2) is 0 Å². The van der Waals surface area contributed by atoms with Gasteiger partial charge >= 0.3 is 0 Å². The van der Waals surface area contributed by atoms with Crippen molar-refractivity contribution in [1.29, 1.82) is 0 Å². The number of alkyl halides is 2. The van der Waals surface area contributed by atoms with Crippen molar-refractivity contribution in [2.75, 3.05) is 26.2 Å². The predicted octanol–water partition coefficient (Wildman–Crippen LogP) is 2.50. The average Bonchev–Trinajstić information content (AvgIpc) is 2.74. The third-order valence-corrected chi connectivity index (χ3v) is 5.00. The molecule has 2 nitrogen and oxygen atoms in total. The van der Waals surface area contributed by atoms with Crippen LogP contribution in [0.1, 0.15) is 38.5 Å². The van der Waals surface area contributed by atoms with Crippen molar-refractivity contribution in [1.82, 2.24) is 10.2 Å². The summed E-state index contributed by atoms with van der Waals surface area (Å²) in [5.41, 5.74) is 0. The fourth-order valence-electron chi connectivity index (χ4n) is 4.09. The Kier molecular flexibility index (Phi) is 3.59. The maximum absolute atomic E-state index is 13.4. The Bertz CT molecular complexity index is 296. The molecule has 2 heterocycles. The molecule has 3 unspecified atom stereocenters. The molecule has 2 aliphatic heterocycles. The van der Waals surface area contributed by atoms with Crippen LogP contribution in [-0.4, -0.2) is 43.0 Å². The second-order valence-electron chi connectivity index (χ2n) is 6.48. The fourth-order valence-corrected chi connectivity index (χ4v) is 4.09. The molecule has 4 heteroatoms.